The van der Waals surface area contributed by atoms with Crippen LogP contribution in [0.2, 0.25) is 5.02 Å². The van der Waals surface area contributed by atoms with E-state index < -0.39 is 6.61 Å². The van der Waals surface area contributed by atoms with Crippen molar-refractivity contribution in [3.63, 3.8) is 0 Å². The minimum absolute atomic E-state index is 0.0282. The van der Waals surface area contributed by atoms with Crippen molar-refractivity contribution in [2.24, 2.45) is 0 Å². The molecule has 0 unspecified atom stereocenters. The molecular weight excluding hydrogens is 414 g/mol. The van der Waals surface area contributed by atoms with Gasteiger partial charge in [0, 0.05) is 12.2 Å². The number of hydrogen-bond acceptors (Lipinski definition) is 6. The highest BCUT2D eigenvalue weighted by Gasteiger charge is 2.16. The van der Waals surface area contributed by atoms with Gasteiger partial charge in [0.1, 0.15) is 5.75 Å². The molecule has 28 heavy (non-hydrogen) atoms. The topological polar surface area (TPSA) is 82.2 Å². The molecule has 0 aliphatic heterocycles. The first-order valence-electron chi connectivity index (χ1n) is 8.12. The largest absolute Gasteiger partial charge is 0.461 e. The van der Waals surface area contributed by atoms with Gasteiger partial charge in [-0.1, -0.05) is 23.4 Å². The Labute approximate surface area is 168 Å². The zero-order chi connectivity index (χ0) is 20.1. The molecule has 1 amide bonds. The summed E-state index contributed by atoms with van der Waals surface area (Å²) >= 11 is 7.09. The number of thioether (sulfide) groups is 1. The number of hydrogen-bond donors (Lipinski definition) is 1. The number of ether oxygens (including phenoxy) is 1. The summed E-state index contributed by atoms with van der Waals surface area (Å²) in [5.41, 5.74) is 0.366. The second kappa shape index (κ2) is 9.07. The number of nitrogens with one attached hydrogen (secondary N) is 1. The molecule has 3 rings (SSSR count). The molecule has 0 spiro atoms. The number of carbonyl (C=O) groups excluding carboxylic acids is 1. The van der Waals surface area contributed by atoms with E-state index in [-0.39, 0.29) is 22.4 Å². The molecule has 0 saturated heterocycles. The van der Waals surface area contributed by atoms with E-state index in [9.17, 15) is 13.6 Å². The van der Waals surface area contributed by atoms with Crippen LogP contribution >= 0.6 is 23.4 Å². The number of rotatable bonds is 8. The molecule has 0 aliphatic carbocycles. The van der Waals surface area contributed by atoms with E-state index in [1.54, 1.807) is 18.4 Å². The maximum absolute atomic E-state index is 12.3. The average Bonchev–Trinajstić information content (AvgIpc) is 3.30. The van der Waals surface area contributed by atoms with Crippen molar-refractivity contribution < 1.29 is 22.7 Å². The summed E-state index contributed by atoms with van der Waals surface area (Å²) in [6.45, 7) is -0.435. The third-order valence-electron chi connectivity index (χ3n) is 3.54. The number of furan rings is 1. The molecule has 1 N–H and O–H groups in total. The Morgan fingerprint density at radius 2 is 2.21 bits per heavy atom. The van der Waals surface area contributed by atoms with Crippen LogP contribution in [0.1, 0.15) is 6.92 Å². The normalized spacial score (nSPS) is 11.0. The molecule has 1 aromatic carbocycles. The maximum atomic E-state index is 12.3. The van der Waals surface area contributed by atoms with Crippen molar-refractivity contribution in [2.45, 2.75) is 25.2 Å². The van der Waals surface area contributed by atoms with Gasteiger partial charge in [-0.25, -0.2) is 0 Å². The zero-order valence-electron chi connectivity index (χ0n) is 14.6. The predicted molar refractivity (Wildman–Crippen MR) is 101 cm³/mol. The van der Waals surface area contributed by atoms with Gasteiger partial charge in [-0.3, -0.25) is 9.36 Å². The third kappa shape index (κ3) is 4.82. The highest BCUT2D eigenvalue weighted by Crippen LogP contribution is 2.29. The van der Waals surface area contributed by atoms with Gasteiger partial charge in [-0.15, -0.1) is 10.2 Å². The van der Waals surface area contributed by atoms with Crippen LogP contribution in [-0.4, -0.2) is 33.0 Å². The smallest absolute Gasteiger partial charge is 0.387 e. The number of anilines is 1. The van der Waals surface area contributed by atoms with Gasteiger partial charge in [-0.05, 0) is 37.3 Å². The van der Waals surface area contributed by atoms with Gasteiger partial charge in [0.2, 0.25) is 5.91 Å². The molecule has 148 valence electrons. The molecule has 0 aliphatic rings. The molecule has 2 aromatic heterocycles. The summed E-state index contributed by atoms with van der Waals surface area (Å²) < 4.78 is 35.9. The summed E-state index contributed by atoms with van der Waals surface area (Å²) in [6, 6.07) is 7.57. The number of carbonyl (C=O) groups is 1. The Morgan fingerprint density at radius 1 is 1.39 bits per heavy atom. The molecule has 0 fully saturated rings. The summed E-state index contributed by atoms with van der Waals surface area (Å²) in [5, 5.41) is 11.4. The predicted octanol–water partition coefficient (Wildman–Crippen LogP) is 4.54. The van der Waals surface area contributed by atoms with E-state index in [4.69, 9.17) is 16.0 Å². The van der Waals surface area contributed by atoms with E-state index in [1.165, 1.54) is 30.0 Å². The van der Waals surface area contributed by atoms with Crippen LogP contribution in [0.25, 0.3) is 11.6 Å². The first-order chi connectivity index (χ1) is 13.5. The lowest BCUT2D eigenvalue weighted by atomic mass is 10.3. The molecule has 0 bridgehead atoms. The molecule has 11 heteroatoms. The SMILES string of the molecule is CCn1c(SCC(=O)Nc2ccc(OC(F)F)c(Cl)c2)nnc1-c1ccco1. The second-order valence-electron chi connectivity index (χ2n) is 5.39. The number of amides is 1. The fourth-order valence-corrected chi connectivity index (χ4v) is 3.39. The Kier molecular flexibility index (Phi) is 6.53. The van der Waals surface area contributed by atoms with E-state index in [2.05, 4.69) is 20.3 Å². The van der Waals surface area contributed by atoms with Gasteiger partial charge in [-0.2, -0.15) is 8.78 Å². The van der Waals surface area contributed by atoms with Crippen LogP contribution in [0.4, 0.5) is 14.5 Å². The lowest BCUT2D eigenvalue weighted by molar-refractivity contribution is -0.113. The van der Waals surface area contributed by atoms with Crippen molar-refractivity contribution in [3.8, 4) is 17.3 Å². The lowest BCUT2D eigenvalue weighted by Gasteiger charge is -2.10. The highest BCUT2D eigenvalue weighted by molar-refractivity contribution is 7.99. The molecule has 0 saturated carbocycles. The van der Waals surface area contributed by atoms with Crippen LogP contribution < -0.4 is 10.1 Å². The van der Waals surface area contributed by atoms with Crippen molar-refractivity contribution in [2.75, 3.05) is 11.1 Å². The second-order valence-corrected chi connectivity index (χ2v) is 6.74. The Bertz CT molecular complexity index is 950. The van der Waals surface area contributed by atoms with Crippen LogP contribution in [-0.2, 0) is 11.3 Å². The molecule has 0 radical (unpaired) electrons. The quantitative estimate of drug-likeness (QED) is 0.530. The first-order valence-corrected chi connectivity index (χ1v) is 9.48. The van der Waals surface area contributed by atoms with Crippen molar-refractivity contribution in [1.82, 2.24) is 14.8 Å². The van der Waals surface area contributed by atoms with E-state index in [0.29, 0.717) is 29.0 Å². The highest BCUT2D eigenvalue weighted by atomic mass is 35.5. The van der Waals surface area contributed by atoms with Gasteiger partial charge in [0.05, 0.1) is 17.0 Å². The van der Waals surface area contributed by atoms with Crippen LogP contribution in [0, 0.1) is 0 Å². The van der Waals surface area contributed by atoms with Crippen LogP contribution in [0.3, 0.4) is 0 Å². The van der Waals surface area contributed by atoms with Crippen LogP contribution in [0.15, 0.2) is 46.2 Å². The molecule has 0 atom stereocenters. The number of halogens is 3. The standard InChI is InChI=1S/C17H15ClF2N4O3S/c1-2-24-15(13-4-3-7-26-13)22-23-17(24)28-9-14(25)21-10-5-6-12(11(18)8-10)27-16(19)20/h3-8,16H,2,9H2,1H3,(H,21,25). The number of nitrogens with zero attached hydrogens (tertiary/aromatic N) is 3. The van der Waals surface area contributed by atoms with E-state index >= 15 is 0 Å². The van der Waals surface area contributed by atoms with Gasteiger partial charge >= 0.3 is 6.61 Å². The molecular formula is C17H15ClF2N4O3S. The van der Waals surface area contributed by atoms with E-state index in [0.717, 1.165) is 0 Å². The van der Waals surface area contributed by atoms with Crippen molar-refractivity contribution in [1.29, 1.82) is 0 Å². The van der Waals surface area contributed by atoms with Crippen LogP contribution in [0.5, 0.6) is 5.75 Å². The third-order valence-corrected chi connectivity index (χ3v) is 4.80. The van der Waals surface area contributed by atoms with Crippen molar-refractivity contribution >= 4 is 35.0 Å². The molecule has 7 nitrogen and oxygen atoms in total. The zero-order valence-corrected chi connectivity index (χ0v) is 16.1. The number of alkyl halides is 2. The molecule has 2 heterocycles. The Balaban J connectivity index is 1.61. The van der Waals surface area contributed by atoms with Crippen molar-refractivity contribution in [3.05, 3.63) is 41.6 Å². The fourth-order valence-electron chi connectivity index (χ4n) is 2.37. The minimum atomic E-state index is -2.98. The monoisotopic (exact) mass is 428 g/mol. The summed E-state index contributed by atoms with van der Waals surface area (Å²) in [4.78, 5) is 12.2. The van der Waals surface area contributed by atoms with Gasteiger partial charge in [0.15, 0.2) is 16.7 Å². The van der Waals surface area contributed by atoms with E-state index in [1.807, 2.05) is 11.5 Å². The Hall–Kier alpha value is -2.59. The lowest BCUT2D eigenvalue weighted by Crippen LogP contribution is -2.14. The number of benzene rings is 1. The van der Waals surface area contributed by atoms with Gasteiger partial charge in [0.25, 0.3) is 0 Å². The summed E-state index contributed by atoms with van der Waals surface area (Å²) in [6.07, 6.45) is 1.55. The summed E-state index contributed by atoms with van der Waals surface area (Å²) in [5.74, 6) is 0.769. The molecule has 3 aromatic rings. The average molecular weight is 429 g/mol. The van der Waals surface area contributed by atoms with Gasteiger partial charge < -0.3 is 14.5 Å². The first kappa shape index (κ1) is 20.2. The Morgan fingerprint density at radius 3 is 2.86 bits per heavy atom. The minimum Gasteiger partial charge on any atom is -0.461 e. The number of aromatic nitrogens is 3. The maximum Gasteiger partial charge on any atom is 0.387 e. The fraction of sp³-hybridized carbons (Fsp3) is 0.235. The summed E-state index contributed by atoms with van der Waals surface area (Å²) in [7, 11) is 0.